The Morgan fingerprint density at radius 2 is 1.79 bits per heavy atom. The quantitative estimate of drug-likeness (QED) is 0.291. The van der Waals surface area contributed by atoms with Crippen LogP contribution in [0.5, 0.6) is 5.75 Å². The molecular weight excluding hydrogens is 460 g/mol. The molecule has 6 nitrogen and oxygen atoms in total. The number of thioether (sulfide) groups is 1. The van der Waals surface area contributed by atoms with Gasteiger partial charge in [-0.1, -0.05) is 29.8 Å². The highest BCUT2D eigenvalue weighted by atomic mass is 35.5. The van der Waals surface area contributed by atoms with Crippen molar-refractivity contribution in [3.8, 4) is 5.75 Å². The van der Waals surface area contributed by atoms with E-state index in [4.69, 9.17) is 20.8 Å². The van der Waals surface area contributed by atoms with Crippen LogP contribution in [0, 0.1) is 0 Å². The first-order valence-electron chi connectivity index (χ1n) is 10.1. The first-order valence-corrected chi connectivity index (χ1v) is 11.5. The van der Waals surface area contributed by atoms with Crippen molar-refractivity contribution in [2.45, 2.75) is 17.6 Å². The minimum absolute atomic E-state index is 0.212. The molecule has 0 saturated carbocycles. The van der Waals surface area contributed by atoms with Crippen LogP contribution in [0.4, 0.5) is 11.4 Å². The van der Waals surface area contributed by atoms with Gasteiger partial charge in [0, 0.05) is 39.2 Å². The lowest BCUT2D eigenvalue weighted by atomic mass is 10.1. The van der Waals surface area contributed by atoms with Crippen LogP contribution in [0.3, 0.4) is 0 Å². The highest BCUT2D eigenvalue weighted by Crippen LogP contribution is 2.34. The summed E-state index contributed by atoms with van der Waals surface area (Å²) in [5.41, 5.74) is 2.39. The van der Waals surface area contributed by atoms with E-state index in [0.717, 1.165) is 15.8 Å². The molecule has 1 heterocycles. The molecule has 4 rings (SSSR count). The number of halogens is 1. The van der Waals surface area contributed by atoms with Gasteiger partial charge in [-0.3, -0.25) is 9.59 Å². The van der Waals surface area contributed by atoms with Gasteiger partial charge >= 0.3 is 0 Å². The lowest BCUT2D eigenvalue weighted by molar-refractivity contribution is -0.114. The summed E-state index contributed by atoms with van der Waals surface area (Å²) >= 11 is 7.57. The molecule has 0 spiro atoms. The average molecular weight is 481 g/mol. The van der Waals surface area contributed by atoms with Gasteiger partial charge in [-0.15, -0.1) is 11.8 Å². The first-order chi connectivity index (χ1) is 15.9. The predicted molar refractivity (Wildman–Crippen MR) is 132 cm³/mol. The topological polar surface area (TPSA) is 80.6 Å². The lowest BCUT2D eigenvalue weighted by Gasteiger charge is -2.12. The standard InChI is InChI=1S/C25H21ClN2O4S/c1-15(29)27-17-9-12-23(31-2)21(13-17)28-25(30)24-20(19-5-3-4-6-22(19)32-24)14-33-18-10-7-16(26)8-11-18/h3-13H,14H2,1-2H3,(H,27,29)(H,28,30). The monoisotopic (exact) mass is 480 g/mol. The number of benzene rings is 3. The average Bonchev–Trinajstić information content (AvgIpc) is 3.17. The van der Waals surface area contributed by atoms with E-state index in [1.54, 1.807) is 30.0 Å². The Morgan fingerprint density at radius 3 is 2.52 bits per heavy atom. The van der Waals surface area contributed by atoms with Gasteiger partial charge in [0.05, 0.1) is 12.8 Å². The van der Waals surface area contributed by atoms with Crippen molar-refractivity contribution in [2.24, 2.45) is 0 Å². The third-order valence-corrected chi connectivity index (χ3v) is 6.16. The van der Waals surface area contributed by atoms with E-state index < -0.39 is 5.91 Å². The fourth-order valence-corrected chi connectivity index (χ4v) is 4.43. The van der Waals surface area contributed by atoms with Gasteiger partial charge in [0.1, 0.15) is 11.3 Å². The number of carbonyl (C=O) groups excluding carboxylic acids is 2. The molecule has 1 aromatic heterocycles. The smallest absolute Gasteiger partial charge is 0.291 e. The Bertz CT molecular complexity index is 1320. The number of methoxy groups -OCH3 is 1. The summed E-state index contributed by atoms with van der Waals surface area (Å²) in [5.74, 6) is 0.604. The third kappa shape index (κ3) is 5.32. The second-order valence-electron chi connectivity index (χ2n) is 7.20. The second-order valence-corrected chi connectivity index (χ2v) is 8.68. The van der Waals surface area contributed by atoms with Crippen molar-refractivity contribution in [2.75, 3.05) is 17.7 Å². The van der Waals surface area contributed by atoms with Crippen LogP contribution < -0.4 is 15.4 Å². The Morgan fingerprint density at radius 1 is 1.03 bits per heavy atom. The number of rotatable bonds is 7. The summed E-state index contributed by atoms with van der Waals surface area (Å²) in [4.78, 5) is 25.7. The van der Waals surface area contributed by atoms with Gasteiger partial charge in [-0.2, -0.15) is 0 Å². The van der Waals surface area contributed by atoms with Crippen LogP contribution in [-0.2, 0) is 10.5 Å². The second kappa shape index (κ2) is 10.0. The highest BCUT2D eigenvalue weighted by Gasteiger charge is 2.22. The number of ether oxygens (including phenoxy) is 1. The maximum absolute atomic E-state index is 13.3. The number of nitrogens with one attached hydrogen (secondary N) is 2. The summed E-state index contributed by atoms with van der Waals surface area (Å²) in [7, 11) is 1.51. The molecule has 0 radical (unpaired) electrons. The number of furan rings is 1. The Labute approximate surface area is 200 Å². The van der Waals surface area contributed by atoms with E-state index in [0.29, 0.717) is 33.5 Å². The minimum Gasteiger partial charge on any atom is -0.495 e. The van der Waals surface area contributed by atoms with Gasteiger partial charge in [0.15, 0.2) is 5.76 Å². The van der Waals surface area contributed by atoms with Crippen LogP contribution in [0.25, 0.3) is 11.0 Å². The van der Waals surface area contributed by atoms with E-state index in [2.05, 4.69) is 10.6 Å². The molecule has 2 amide bonds. The maximum atomic E-state index is 13.3. The Kier molecular flexibility index (Phi) is 6.91. The fourth-order valence-electron chi connectivity index (χ4n) is 3.38. The van der Waals surface area contributed by atoms with Gasteiger partial charge in [0.2, 0.25) is 5.91 Å². The molecular formula is C25H21ClN2O4S. The molecule has 0 aliphatic carbocycles. The van der Waals surface area contributed by atoms with Gasteiger partial charge in [-0.05, 0) is 48.5 Å². The summed E-state index contributed by atoms with van der Waals surface area (Å²) in [6.45, 7) is 1.42. The molecule has 0 fully saturated rings. The van der Waals surface area contributed by atoms with Crippen molar-refractivity contribution in [1.82, 2.24) is 0 Å². The zero-order chi connectivity index (χ0) is 23.4. The largest absolute Gasteiger partial charge is 0.495 e. The summed E-state index contributed by atoms with van der Waals surface area (Å²) in [5, 5.41) is 7.11. The molecule has 33 heavy (non-hydrogen) atoms. The van der Waals surface area contributed by atoms with Crippen molar-refractivity contribution in [3.05, 3.63) is 83.1 Å². The zero-order valence-electron chi connectivity index (χ0n) is 18.0. The van der Waals surface area contributed by atoms with Crippen LogP contribution in [-0.4, -0.2) is 18.9 Å². The van der Waals surface area contributed by atoms with Gasteiger partial charge in [-0.25, -0.2) is 0 Å². The molecule has 8 heteroatoms. The highest BCUT2D eigenvalue weighted by molar-refractivity contribution is 7.98. The molecule has 0 atom stereocenters. The number of anilines is 2. The van der Waals surface area contributed by atoms with Crippen molar-refractivity contribution in [1.29, 1.82) is 0 Å². The van der Waals surface area contributed by atoms with Gasteiger partial charge < -0.3 is 19.8 Å². The zero-order valence-corrected chi connectivity index (χ0v) is 19.5. The maximum Gasteiger partial charge on any atom is 0.291 e. The summed E-state index contributed by atoms with van der Waals surface area (Å²) < 4.78 is 11.3. The SMILES string of the molecule is COc1ccc(NC(C)=O)cc1NC(=O)c1oc2ccccc2c1CSc1ccc(Cl)cc1. The minimum atomic E-state index is -0.406. The van der Waals surface area contributed by atoms with Crippen LogP contribution >= 0.6 is 23.4 Å². The number of hydrogen-bond acceptors (Lipinski definition) is 5. The first kappa shape index (κ1) is 22.8. The number of para-hydroxylation sites is 1. The molecule has 168 valence electrons. The van der Waals surface area contributed by atoms with Crippen molar-refractivity contribution in [3.63, 3.8) is 0 Å². The van der Waals surface area contributed by atoms with E-state index in [-0.39, 0.29) is 11.7 Å². The number of carbonyl (C=O) groups is 2. The van der Waals surface area contributed by atoms with E-state index in [1.807, 2.05) is 48.5 Å². The van der Waals surface area contributed by atoms with E-state index >= 15 is 0 Å². The van der Waals surface area contributed by atoms with E-state index in [1.165, 1.54) is 14.0 Å². The molecule has 0 bridgehead atoms. The molecule has 4 aromatic rings. The Balaban J connectivity index is 1.65. The number of fused-ring (bicyclic) bond motifs is 1. The molecule has 0 aliphatic rings. The van der Waals surface area contributed by atoms with Crippen LogP contribution in [0.1, 0.15) is 23.0 Å². The van der Waals surface area contributed by atoms with Crippen molar-refractivity contribution < 1.29 is 18.7 Å². The molecule has 0 aliphatic heterocycles. The van der Waals surface area contributed by atoms with Gasteiger partial charge in [0.25, 0.3) is 5.91 Å². The number of hydrogen-bond donors (Lipinski definition) is 2. The van der Waals surface area contributed by atoms with Crippen LogP contribution in [0.15, 0.2) is 76.0 Å². The fraction of sp³-hybridized carbons (Fsp3) is 0.120. The molecule has 0 saturated heterocycles. The molecule has 2 N–H and O–H groups in total. The summed E-state index contributed by atoms with van der Waals surface area (Å²) in [6.07, 6.45) is 0. The lowest BCUT2D eigenvalue weighted by Crippen LogP contribution is -2.14. The normalized spacial score (nSPS) is 10.8. The number of amides is 2. The summed E-state index contributed by atoms with van der Waals surface area (Å²) in [6, 6.07) is 20.1. The van der Waals surface area contributed by atoms with E-state index in [9.17, 15) is 9.59 Å². The van der Waals surface area contributed by atoms with Crippen LogP contribution in [0.2, 0.25) is 5.02 Å². The predicted octanol–water partition coefficient (Wildman–Crippen LogP) is 6.60. The Hall–Kier alpha value is -3.42. The third-order valence-electron chi connectivity index (χ3n) is 4.87. The van der Waals surface area contributed by atoms with Crippen molar-refractivity contribution >= 4 is 57.5 Å². The molecule has 0 unspecified atom stereocenters. The molecule has 3 aromatic carbocycles.